The van der Waals surface area contributed by atoms with Crippen molar-refractivity contribution in [3.63, 3.8) is 0 Å². The van der Waals surface area contributed by atoms with Crippen molar-refractivity contribution < 1.29 is 38.5 Å². The molecule has 10 heteroatoms. The lowest BCUT2D eigenvalue weighted by Gasteiger charge is -2.10. The highest BCUT2D eigenvalue weighted by Gasteiger charge is 2.10. The lowest BCUT2D eigenvalue weighted by atomic mass is 10.0. The third-order valence-corrected chi connectivity index (χ3v) is 5.69. The molecule has 0 aliphatic carbocycles. The van der Waals surface area contributed by atoms with Crippen molar-refractivity contribution in [1.29, 1.82) is 0 Å². The molecule has 0 spiro atoms. The quantitative estimate of drug-likeness (QED) is 0.0765. The van der Waals surface area contributed by atoms with E-state index in [4.69, 9.17) is 14.9 Å². The number of hydrogen-bond donors (Lipinski definition) is 3. The van der Waals surface area contributed by atoms with Gasteiger partial charge in [0, 0.05) is 50.7 Å². The van der Waals surface area contributed by atoms with Crippen LogP contribution in [0.1, 0.15) is 75.1 Å². The van der Waals surface area contributed by atoms with Gasteiger partial charge in [-0.3, -0.25) is 14.5 Å². The number of amides is 1. The molecule has 0 saturated heterocycles. The van der Waals surface area contributed by atoms with Crippen molar-refractivity contribution in [2.24, 2.45) is 0 Å². The summed E-state index contributed by atoms with van der Waals surface area (Å²) in [7, 11) is 1.99. The fraction of sp³-hybridized carbons (Fsp3) is 0.484. The number of ether oxygens (including phenoxy) is 1. The van der Waals surface area contributed by atoms with E-state index in [1.54, 1.807) is 6.07 Å². The Kier molecular flexibility index (Phi) is 21.8. The molecule has 0 bridgehead atoms. The minimum atomic E-state index is -1.26. The molecule has 1 aromatic rings. The SMILES string of the molecule is C=CCN(C)C/C=C/COc1ccc(C(=O)CCCCCCCCCCNC(C)=O)cc1F.O=C(O)/C=C/C(=O)O. The van der Waals surface area contributed by atoms with Gasteiger partial charge in [0.15, 0.2) is 17.3 Å². The summed E-state index contributed by atoms with van der Waals surface area (Å²) in [6.07, 6.45) is 15.8. The summed E-state index contributed by atoms with van der Waals surface area (Å²) >= 11 is 0. The minimum Gasteiger partial charge on any atom is -0.486 e. The second-order valence-corrected chi connectivity index (χ2v) is 9.43. The van der Waals surface area contributed by atoms with Crippen molar-refractivity contribution in [2.45, 2.75) is 64.7 Å². The molecule has 1 rings (SSSR count). The van der Waals surface area contributed by atoms with Gasteiger partial charge in [0.2, 0.25) is 5.91 Å². The van der Waals surface area contributed by atoms with Crippen LogP contribution in [0.5, 0.6) is 5.75 Å². The molecule has 0 aliphatic rings. The van der Waals surface area contributed by atoms with Gasteiger partial charge >= 0.3 is 11.9 Å². The number of ketones is 1. The topological polar surface area (TPSA) is 133 Å². The molecule has 0 fully saturated rings. The molecule has 0 saturated carbocycles. The molecule has 0 aromatic heterocycles. The van der Waals surface area contributed by atoms with Gasteiger partial charge in [0.05, 0.1) is 0 Å². The monoisotopic (exact) mass is 576 g/mol. The zero-order chi connectivity index (χ0) is 30.9. The molecular weight excluding hydrogens is 531 g/mol. The normalized spacial score (nSPS) is 10.8. The smallest absolute Gasteiger partial charge is 0.328 e. The van der Waals surface area contributed by atoms with Crippen molar-refractivity contribution in [2.75, 3.05) is 33.3 Å². The van der Waals surface area contributed by atoms with Gasteiger partial charge in [0.25, 0.3) is 0 Å². The first-order valence-electron chi connectivity index (χ1n) is 13.8. The van der Waals surface area contributed by atoms with Gasteiger partial charge in [0.1, 0.15) is 6.61 Å². The van der Waals surface area contributed by atoms with Crippen LogP contribution in [0.3, 0.4) is 0 Å². The molecule has 1 aromatic carbocycles. The van der Waals surface area contributed by atoms with Crippen molar-refractivity contribution in [1.82, 2.24) is 10.2 Å². The van der Waals surface area contributed by atoms with E-state index in [0.717, 1.165) is 58.2 Å². The second-order valence-electron chi connectivity index (χ2n) is 9.43. The Labute approximate surface area is 242 Å². The number of halogens is 1. The predicted molar refractivity (Wildman–Crippen MR) is 158 cm³/mol. The number of benzene rings is 1. The number of carbonyl (C=O) groups excluding carboxylic acids is 2. The molecule has 41 heavy (non-hydrogen) atoms. The Morgan fingerprint density at radius 3 is 2.05 bits per heavy atom. The first-order valence-corrected chi connectivity index (χ1v) is 13.8. The Morgan fingerprint density at radius 2 is 1.51 bits per heavy atom. The van der Waals surface area contributed by atoms with Crippen LogP contribution in [0.4, 0.5) is 4.39 Å². The van der Waals surface area contributed by atoms with Gasteiger partial charge in [-0.25, -0.2) is 14.0 Å². The van der Waals surface area contributed by atoms with E-state index in [1.807, 2.05) is 25.3 Å². The summed E-state index contributed by atoms with van der Waals surface area (Å²) in [5.74, 6) is -2.85. The Balaban J connectivity index is 0.00000173. The van der Waals surface area contributed by atoms with Crippen LogP contribution >= 0.6 is 0 Å². The molecule has 0 radical (unpaired) electrons. The van der Waals surface area contributed by atoms with Gasteiger partial charge in [-0.15, -0.1) is 6.58 Å². The average molecular weight is 577 g/mol. The van der Waals surface area contributed by atoms with Crippen molar-refractivity contribution in [3.05, 3.63) is 66.5 Å². The number of Topliss-reactive ketones (excluding diaryl/α,β-unsaturated/α-hetero) is 1. The number of hydrogen-bond acceptors (Lipinski definition) is 6. The van der Waals surface area contributed by atoms with Gasteiger partial charge < -0.3 is 20.3 Å². The summed E-state index contributed by atoms with van der Waals surface area (Å²) in [5, 5.41) is 18.4. The summed E-state index contributed by atoms with van der Waals surface area (Å²) < 4.78 is 19.7. The molecule has 0 aliphatic heterocycles. The van der Waals surface area contributed by atoms with E-state index in [1.165, 1.54) is 31.9 Å². The van der Waals surface area contributed by atoms with Gasteiger partial charge in [-0.1, -0.05) is 56.8 Å². The number of nitrogens with one attached hydrogen (secondary N) is 1. The summed E-state index contributed by atoms with van der Waals surface area (Å²) in [6.45, 7) is 7.85. The Hall–Kier alpha value is -3.79. The summed E-state index contributed by atoms with van der Waals surface area (Å²) in [6, 6.07) is 4.45. The van der Waals surface area contributed by atoms with E-state index in [2.05, 4.69) is 16.8 Å². The molecule has 1 amide bonds. The van der Waals surface area contributed by atoms with Gasteiger partial charge in [-0.2, -0.15) is 0 Å². The maximum absolute atomic E-state index is 14.3. The van der Waals surface area contributed by atoms with E-state index < -0.39 is 17.8 Å². The van der Waals surface area contributed by atoms with Crippen LogP contribution in [0.25, 0.3) is 0 Å². The molecule has 0 heterocycles. The standard InChI is InChI=1S/C27H41FN2O3.C4H4O4/c1-4-19-30(3)20-13-14-21-33-27-17-16-24(22-25(27)28)26(32)15-11-9-7-5-6-8-10-12-18-29-23(2)31;5-3(6)1-2-4(7)8/h4,13-14,16-17,22H,1,5-12,15,18-21H2,2-3H3,(H,29,31);1-2H,(H,5,6)(H,7,8)/b14-13+;2-1+. The Morgan fingerprint density at radius 1 is 0.927 bits per heavy atom. The second kappa shape index (κ2) is 24.0. The first-order chi connectivity index (χ1) is 19.6. The number of carboxylic acid groups (broad SMARTS) is 2. The number of carbonyl (C=O) groups is 4. The maximum atomic E-state index is 14.3. The van der Waals surface area contributed by atoms with Crippen LogP contribution in [0.2, 0.25) is 0 Å². The van der Waals surface area contributed by atoms with Gasteiger partial charge in [-0.05, 0) is 38.1 Å². The predicted octanol–water partition coefficient (Wildman–Crippen LogP) is 5.42. The van der Waals surface area contributed by atoms with Crippen LogP contribution in [-0.4, -0.2) is 72.0 Å². The maximum Gasteiger partial charge on any atom is 0.328 e. The van der Waals surface area contributed by atoms with E-state index in [0.29, 0.717) is 24.1 Å². The van der Waals surface area contributed by atoms with E-state index in [-0.39, 0.29) is 24.0 Å². The molecule has 0 unspecified atom stereocenters. The van der Waals surface area contributed by atoms with Crippen LogP contribution in [0, 0.1) is 5.82 Å². The fourth-order valence-electron chi connectivity index (χ4n) is 3.57. The lowest BCUT2D eigenvalue weighted by Crippen LogP contribution is -2.20. The highest BCUT2D eigenvalue weighted by atomic mass is 19.1. The lowest BCUT2D eigenvalue weighted by molar-refractivity contribution is -0.134. The first kappa shape index (κ1) is 37.2. The summed E-state index contributed by atoms with van der Waals surface area (Å²) in [5.41, 5.74) is 0.403. The number of unbranched alkanes of at least 4 members (excludes halogenated alkanes) is 7. The molecule has 9 nitrogen and oxygen atoms in total. The number of carboxylic acids is 2. The average Bonchev–Trinajstić information content (AvgIpc) is 2.91. The van der Waals surface area contributed by atoms with Crippen LogP contribution in [0.15, 0.2) is 55.2 Å². The highest BCUT2D eigenvalue weighted by Crippen LogP contribution is 2.20. The van der Waals surface area contributed by atoms with E-state index >= 15 is 0 Å². The summed E-state index contributed by atoms with van der Waals surface area (Å²) in [4.78, 5) is 44.3. The van der Waals surface area contributed by atoms with Crippen molar-refractivity contribution >= 4 is 23.6 Å². The minimum absolute atomic E-state index is 0.0245. The molecule has 228 valence electrons. The van der Waals surface area contributed by atoms with Crippen LogP contribution < -0.4 is 10.1 Å². The van der Waals surface area contributed by atoms with Crippen LogP contribution in [-0.2, 0) is 14.4 Å². The zero-order valence-electron chi connectivity index (χ0n) is 24.3. The zero-order valence-corrected chi connectivity index (χ0v) is 24.3. The highest BCUT2D eigenvalue weighted by molar-refractivity contribution is 5.96. The molecule has 0 atom stereocenters. The third kappa shape index (κ3) is 22.7. The number of aliphatic carboxylic acids is 2. The number of nitrogens with zero attached hydrogens (tertiary/aromatic N) is 1. The Bertz CT molecular complexity index is 992. The fourth-order valence-corrected chi connectivity index (χ4v) is 3.57. The molecular formula is C31H45FN2O7. The number of rotatable bonds is 21. The van der Waals surface area contributed by atoms with Crippen molar-refractivity contribution in [3.8, 4) is 5.75 Å². The molecule has 3 N–H and O–H groups in total. The van der Waals surface area contributed by atoms with E-state index in [9.17, 15) is 23.6 Å². The third-order valence-electron chi connectivity index (χ3n) is 5.69. The largest absolute Gasteiger partial charge is 0.486 e. The number of likely N-dealkylation sites (N-methyl/N-ethyl adjacent to an activating group) is 1.